The molecule has 0 aromatic carbocycles. The van der Waals surface area contributed by atoms with Crippen LogP contribution >= 0.6 is 0 Å². The smallest absolute Gasteiger partial charge is 0.243 e. The fourth-order valence-electron chi connectivity index (χ4n) is 2.30. The molecule has 2 unspecified atom stereocenters. The van der Waals surface area contributed by atoms with E-state index < -0.39 is 0 Å². The van der Waals surface area contributed by atoms with Crippen molar-refractivity contribution in [2.45, 2.75) is 45.6 Å². The van der Waals surface area contributed by atoms with Crippen LogP contribution in [0.1, 0.15) is 37.1 Å². The van der Waals surface area contributed by atoms with E-state index in [2.05, 4.69) is 20.5 Å². The van der Waals surface area contributed by atoms with Crippen LogP contribution in [-0.2, 0) is 0 Å². The Morgan fingerprint density at radius 2 is 1.94 bits per heavy atom. The molecule has 17 heavy (non-hydrogen) atoms. The van der Waals surface area contributed by atoms with Gasteiger partial charge in [0, 0.05) is 18.6 Å². The number of anilines is 1. The van der Waals surface area contributed by atoms with Crippen LogP contribution in [-0.4, -0.2) is 32.9 Å². The molecule has 0 spiro atoms. The third kappa shape index (κ3) is 2.91. The highest BCUT2D eigenvalue weighted by atomic mass is 16.3. The Kier molecular flexibility index (Phi) is 3.89. The summed E-state index contributed by atoms with van der Waals surface area (Å²) in [6.45, 7) is 4.06. The van der Waals surface area contributed by atoms with E-state index in [9.17, 15) is 5.11 Å². The molecule has 1 aromatic rings. The van der Waals surface area contributed by atoms with E-state index in [0.29, 0.717) is 11.9 Å². The minimum atomic E-state index is 0.232. The summed E-state index contributed by atoms with van der Waals surface area (Å²) in [4.78, 5) is 4.37. The molecule has 0 radical (unpaired) electrons. The number of aliphatic hydroxyl groups is 1. The number of aryl methyl sites for hydroxylation is 2. The third-order valence-corrected chi connectivity index (χ3v) is 3.55. The normalized spacial score (nSPS) is 24.6. The first-order chi connectivity index (χ1) is 8.20. The van der Waals surface area contributed by atoms with Gasteiger partial charge in [0.25, 0.3) is 0 Å². The maximum atomic E-state index is 9.34. The van der Waals surface area contributed by atoms with Gasteiger partial charge < -0.3 is 10.4 Å². The number of rotatable bonds is 3. The summed E-state index contributed by atoms with van der Waals surface area (Å²) in [6, 6.07) is 0.276. The minimum Gasteiger partial charge on any atom is -0.396 e. The van der Waals surface area contributed by atoms with Crippen LogP contribution in [0, 0.1) is 19.8 Å². The van der Waals surface area contributed by atoms with E-state index in [1.54, 1.807) is 0 Å². The van der Waals surface area contributed by atoms with Gasteiger partial charge in [-0.3, -0.25) is 0 Å². The SMILES string of the molecule is Cc1nnc(NC2CCCCC2CO)nc1C. The Morgan fingerprint density at radius 3 is 2.65 bits per heavy atom. The topological polar surface area (TPSA) is 70.9 Å². The van der Waals surface area contributed by atoms with Crippen LogP contribution in [0.2, 0.25) is 0 Å². The summed E-state index contributed by atoms with van der Waals surface area (Å²) in [5.74, 6) is 0.896. The lowest BCUT2D eigenvalue weighted by molar-refractivity contribution is 0.178. The van der Waals surface area contributed by atoms with Gasteiger partial charge in [0.2, 0.25) is 5.95 Å². The summed E-state index contributed by atoms with van der Waals surface area (Å²) in [7, 11) is 0. The second-order valence-corrected chi connectivity index (χ2v) is 4.78. The number of hydrogen-bond donors (Lipinski definition) is 2. The lowest BCUT2D eigenvalue weighted by Gasteiger charge is -2.30. The molecule has 1 fully saturated rings. The first-order valence-electron chi connectivity index (χ1n) is 6.26. The van der Waals surface area contributed by atoms with Gasteiger partial charge in [0.15, 0.2) is 0 Å². The third-order valence-electron chi connectivity index (χ3n) is 3.55. The van der Waals surface area contributed by atoms with Crippen LogP contribution in [0.25, 0.3) is 0 Å². The molecule has 0 saturated heterocycles. The standard InChI is InChI=1S/C12H20N4O/c1-8-9(2)15-16-12(13-8)14-11-6-4-3-5-10(11)7-17/h10-11,17H,3-7H2,1-2H3,(H,13,14,16). The second-order valence-electron chi connectivity index (χ2n) is 4.78. The van der Waals surface area contributed by atoms with Crippen molar-refractivity contribution in [2.24, 2.45) is 5.92 Å². The Hall–Kier alpha value is -1.23. The van der Waals surface area contributed by atoms with Crippen LogP contribution in [0.5, 0.6) is 0 Å². The predicted octanol–water partition coefficient (Wildman–Crippen LogP) is 1.45. The second kappa shape index (κ2) is 5.40. The van der Waals surface area contributed by atoms with Crippen molar-refractivity contribution in [3.8, 4) is 0 Å². The van der Waals surface area contributed by atoms with Crippen molar-refractivity contribution in [3.05, 3.63) is 11.4 Å². The van der Waals surface area contributed by atoms with Crippen molar-refractivity contribution < 1.29 is 5.11 Å². The molecular formula is C12H20N4O. The molecule has 1 aliphatic carbocycles. The van der Waals surface area contributed by atoms with Crippen molar-refractivity contribution in [1.29, 1.82) is 0 Å². The highest BCUT2D eigenvalue weighted by molar-refractivity contribution is 5.26. The zero-order chi connectivity index (χ0) is 12.3. The molecular weight excluding hydrogens is 216 g/mol. The van der Waals surface area contributed by atoms with E-state index in [4.69, 9.17) is 0 Å². The molecule has 2 atom stereocenters. The van der Waals surface area contributed by atoms with Crippen molar-refractivity contribution in [2.75, 3.05) is 11.9 Å². The van der Waals surface area contributed by atoms with Crippen molar-refractivity contribution in [1.82, 2.24) is 15.2 Å². The Bertz CT molecular complexity index is 383. The molecule has 0 bridgehead atoms. The molecule has 2 N–H and O–H groups in total. The zero-order valence-corrected chi connectivity index (χ0v) is 10.5. The minimum absolute atomic E-state index is 0.232. The van der Waals surface area contributed by atoms with E-state index in [-0.39, 0.29) is 12.6 Å². The quantitative estimate of drug-likeness (QED) is 0.831. The fraction of sp³-hybridized carbons (Fsp3) is 0.750. The van der Waals surface area contributed by atoms with Gasteiger partial charge in [-0.25, -0.2) is 4.98 Å². The van der Waals surface area contributed by atoms with Gasteiger partial charge in [0.05, 0.1) is 11.4 Å². The maximum Gasteiger partial charge on any atom is 0.243 e. The van der Waals surface area contributed by atoms with E-state index >= 15 is 0 Å². The molecule has 1 heterocycles. The first-order valence-corrected chi connectivity index (χ1v) is 6.26. The summed E-state index contributed by atoms with van der Waals surface area (Å²) < 4.78 is 0. The van der Waals surface area contributed by atoms with Gasteiger partial charge in [-0.05, 0) is 26.7 Å². The molecule has 0 aliphatic heterocycles. The summed E-state index contributed by atoms with van der Waals surface area (Å²) in [6.07, 6.45) is 4.55. The predicted molar refractivity (Wildman–Crippen MR) is 65.8 cm³/mol. The first kappa shape index (κ1) is 12.2. The van der Waals surface area contributed by atoms with E-state index in [1.165, 1.54) is 12.8 Å². The molecule has 94 valence electrons. The monoisotopic (exact) mass is 236 g/mol. The molecule has 2 rings (SSSR count). The number of nitrogens with one attached hydrogen (secondary N) is 1. The van der Waals surface area contributed by atoms with Crippen LogP contribution in [0.15, 0.2) is 0 Å². The van der Waals surface area contributed by atoms with Crippen molar-refractivity contribution in [3.63, 3.8) is 0 Å². The highest BCUT2D eigenvalue weighted by Gasteiger charge is 2.25. The highest BCUT2D eigenvalue weighted by Crippen LogP contribution is 2.25. The van der Waals surface area contributed by atoms with Gasteiger partial charge in [-0.1, -0.05) is 12.8 Å². The summed E-state index contributed by atoms with van der Waals surface area (Å²) in [5, 5.41) is 20.8. The summed E-state index contributed by atoms with van der Waals surface area (Å²) in [5.41, 5.74) is 1.76. The fourth-order valence-corrected chi connectivity index (χ4v) is 2.30. The van der Waals surface area contributed by atoms with E-state index in [1.807, 2.05) is 13.8 Å². The Labute approximate surface area is 102 Å². The van der Waals surface area contributed by atoms with E-state index in [0.717, 1.165) is 24.2 Å². The van der Waals surface area contributed by atoms with Crippen LogP contribution < -0.4 is 5.32 Å². The number of hydrogen-bond acceptors (Lipinski definition) is 5. The summed E-state index contributed by atoms with van der Waals surface area (Å²) >= 11 is 0. The molecule has 1 aromatic heterocycles. The van der Waals surface area contributed by atoms with Crippen LogP contribution in [0.4, 0.5) is 5.95 Å². The number of aliphatic hydroxyl groups excluding tert-OH is 1. The van der Waals surface area contributed by atoms with Gasteiger partial charge in [-0.15, -0.1) is 5.10 Å². The lowest BCUT2D eigenvalue weighted by Crippen LogP contribution is -2.35. The lowest BCUT2D eigenvalue weighted by atomic mass is 9.85. The molecule has 5 nitrogen and oxygen atoms in total. The largest absolute Gasteiger partial charge is 0.396 e. The average Bonchev–Trinajstić information content (AvgIpc) is 2.34. The number of aromatic nitrogens is 3. The van der Waals surface area contributed by atoms with Gasteiger partial charge in [0.1, 0.15) is 0 Å². The molecule has 1 aliphatic rings. The maximum absolute atomic E-state index is 9.34. The molecule has 5 heteroatoms. The van der Waals surface area contributed by atoms with Gasteiger partial charge >= 0.3 is 0 Å². The Morgan fingerprint density at radius 1 is 1.18 bits per heavy atom. The van der Waals surface area contributed by atoms with Gasteiger partial charge in [-0.2, -0.15) is 5.10 Å². The van der Waals surface area contributed by atoms with Crippen LogP contribution in [0.3, 0.4) is 0 Å². The zero-order valence-electron chi connectivity index (χ0n) is 10.5. The Balaban J connectivity index is 2.05. The average molecular weight is 236 g/mol. The molecule has 1 saturated carbocycles. The number of nitrogens with zero attached hydrogens (tertiary/aromatic N) is 3. The molecule has 0 amide bonds. The van der Waals surface area contributed by atoms with Crippen molar-refractivity contribution >= 4 is 5.95 Å².